The quantitative estimate of drug-likeness (QED) is 0.101. The molecule has 0 N–H and O–H groups in total. The first-order chi connectivity index (χ1) is 20.5. The van der Waals surface area contributed by atoms with Crippen molar-refractivity contribution in [3.8, 4) is 0 Å². The Morgan fingerprint density at radius 1 is 0.200 bits per heavy atom. The van der Waals surface area contributed by atoms with Gasteiger partial charge in [-0.1, -0.05) is 0 Å². The summed E-state index contributed by atoms with van der Waals surface area (Å²) in [5.74, 6) is 0. The van der Waals surface area contributed by atoms with Gasteiger partial charge in [-0.15, -0.1) is 0 Å². The minimum atomic E-state index is -0.558. The molecule has 0 amide bonds. The van der Waals surface area contributed by atoms with E-state index in [9.17, 15) is 0 Å². The van der Waals surface area contributed by atoms with Gasteiger partial charge < -0.3 is 0 Å². The van der Waals surface area contributed by atoms with Crippen LogP contribution >= 0.6 is 594 Å². The number of halogens is 45. The second-order valence-electron chi connectivity index (χ2n) is 3.46. The van der Waals surface area contributed by atoms with Gasteiger partial charge in [-0.2, -0.15) is 0 Å². The molecule has 0 rings (SSSR count). The van der Waals surface area contributed by atoms with E-state index in [2.05, 4.69) is 428 Å². The molecule has 0 aliphatic heterocycles. The Labute approximate surface area is 571 Å². The van der Waals surface area contributed by atoms with E-state index in [1.165, 1.54) is 0 Å². The molecule has 45 heteroatoms. The zero-order valence-electron chi connectivity index (χ0n) is 17.0. The minimum absolute atomic E-state index is 0.390. The monoisotopic (exact) mass is 5710 g/mol. The molecular weight excluding hydrogens is 5710 g/mol. The molecule has 0 unspecified atom stereocenters. The number of hydrogen-bond acceptors (Lipinski definition) is 0. The molecule has 0 radical (unpaired) electrons. The molecule has 0 fully saturated rings. The van der Waals surface area contributed by atoms with Crippen molar-refractivity contribution in [1.29, 1.82) is 0 Å². The topological polar surface area (TPSA) is 0 Å². The third-order valence-electron chi connectivity index (χ3n) is 1.67. The van der Waals surface area contributed by atoms with Crippen molar-refractivity contribution in [3.05, 3.63) is 0 Å². The van der Waals surface area contributed by atoms with Gasteiger partial charge in [0.1, 0.15) is 0 Å². The summed E-state index contributed by atoms with van der Waals surface area (Å²) < 4.78 is 0. The number of hydrogen-bond donors (Lipinski definition) is 0. The summed E-state index contributed by atoms with van der Waals surface area (Å²) in [4.78, 5) is 0. The molecule has 0 saturated carbocycles. The van der Waals surface area contributed by atoms with Crippen molar-refractivity contribution >= 4 is 594 Å². The molecule has 0 atom stereocenters. The van der Waals surface area contributed by atoms with Crippen molar-refractivity contribution in [3.63, 3.8) is 0 Å². The van der Waals surface area contributed by atoms with Crippen LogP contribution in [0.15, 0.2) is 0 Å². The first-order valence-corrected chi connectivity index (χ1v) is 283. The first-order valence-electron chi connectivity index (χ1n) is 6.29. The van der Waals surface area contributed by atoms with Gasteiger partial charge in [-0.25, -0.2) is 0 Å². The summed E-state index contributed by atoms with van der Waals surface area (Å²) in [5.41, 5.74) is 0. The van der Waals surface area contributed by atoms with Gasteiger partial charge in [-0.3, -0.25) is 0 Å². The molecule has 0 aromatic heterocycles. The summed E-state index contributed by atoms with van der Waals surface area (Å²) in [7, 11) is -10.7. The first kappa shape index (κ1) is 77.9. The molecule has 0 aromatic rings. The summed E-state index contributed by atoms with van der Waals surface area (Å²) in [5, 5.41) is 0. The van der Waals surface area contributed by atoms with Gasteiger partial charge in [0, 0.05) is 0 Å². The van der Waals surface area contributed by atoms with Gasteiger partial charge in [0.05, 0.1) is 0 Å². The van der Waals surface area contributed by atoms with E-state index in [1.807, 2.05) is 0 Å². The zero-order valence-corrected chi connectivity index (χ0v) is 114. The van der Waals surface area contributed by atoms with E-state index in [-0.39, 0.29) is 0 Å². The van der Waals surface area contributed by atoms with E-state index in [4.69, 9.17) is 0 Å². The fourth-order valence-electron chi connectivity index (χ4n) is 0.602. The average molecular weight is 5710 g/mol. The molecule has 0 aromatic carbocycles. The fraction of sp³-hybridized carbons (Fsp3) is 0. The van der Waals surface area contributed by atoms with E-state index in [0.717, 1.165) is 0 Å². The Balaban J connectivity index is 5.49. The van der Waals surface area contributed by atoms with Crippen LogP contribution in [0.3, 0.4) is 0 Å². The van der Waals surface area contributed by atoms with E-state index >= 15 is 0 Å². The Hall–Kier alpha value is 32.9. The van der Waals surface area contributed by atoms with Crippen LogP contribution in [0.25, 0.3) is 0 Å². The zero-order chi connectivity index (χ0) is 35.8. The van der Waals surface area contributed by atoms with Crippen molar-refractivity contribution in [2.45, 2.75) is 0 Å². The van der Waals surface area contributed by atoms with Gasteiger partial charge in [-0.05, 0) is 0 Å². The van der Waals surface area contributed by atoms with Crippen molar-refractivity contribution in [1.82, 2.24) is 0 Å². The van der Waals surface area contributed by atoms with Crippen molar-refractivity contribution < 1.29 is 13.3 Å². The summed E-state index contributed by atoms with van der Waals surface area (Å²) >= 11 is 75.4. The Morgan fingerprint density at radius 2 is 0.333 bits per heavy atom. The van der Waals surface area contributed by atoms with E-state index in [1.54, 1.807) is 0 Å². The van der Waals surface area contributed by atoms with Crippen molar-refractivity contribution in [2.24, 2.45) is 0 Å². The molecule has 45 heavy (non-hydrogen) atoms. The SMILES string of the molecule is I[I-]I(I)I(I)I(I)I(I)I(I)I(I)I(I)I(I)I(I)I(I)I(I)I(I)I(I)I(I)I(I)I(I)I(I)I(I)I(I)I(I)I(I)I. The second-order valence-corrected chi connectivity index (χ2v) is 1040. The van der Waals surface area contributed by atoms with Crippen LogP contribution in [0.1, 0.15) is 0 Å². The van der Waals surface area contributed by atoms with Crippen LogP contribution in [-0.2, 0) is 0 Å². The van der Waals surface area contributed by atoms with Crippen LogP contribution in [0.4, 0.5) is 0 Å². The van der Waals surface area contributed by atoms with Crippen LogP contribution in [0, 0.1) is 0 Å². The summed E-state index contributed by atoms with van der Waals surface area (Å²) in [6, 6.07) is 0. The van der Waals surface area contributed by atoms with E-state index in [0.29, 0.717) is 13.3 Å². The average Bonchev–Trinajstić information content (AvgIpc) is 3.04. The van der Waals surface area contributed by atoms with Gasteiger partial charge in [0.15, 0.2) is 0 Å². The summed E-state index contributed by atoms with van der Waals surface area (Å²) in [6.07, 6.45) is 0. The fourth-order valence-corrected chi connectivity index (χ4v) is 8170. The third kappa shape index (κ3) is 32.6. The molecule has 0 spiro atoms. The maximum absolute atomic E-state index is 3.37. The maximum atomic E-state index is 3.37. The molecule has 0 saturated heterocycles. The molecule has 316 valence electrons. The standard InChI is InChI=1S/I45/c1-24-26(4)28(6)30(8)32(10)34(12)36(14)38(16)40(18)42(20)44(22)45(23)43(21)41(19)39(17)37(15)35(13)33(11)31(9)29(7)27(5)25(2)3/q-1. The summed E-state index contributed by atoms with van der Waals surface area (Å²) in [6.45, 7) is 0. The van der Waals surface area contributed by atoms with Crippen LogP contribution < -0.4 is 13.3 Å². The molecule has 0 aliphatic carbocycles. The molecule has 0 nitrogen and oxygen atoms in total. The Bertz CT molecular complexity index is 766. The molecule has 0 aliphatic rings. The van der Waals surface area contributed by atoms with E-state index < -0.39 is 166 Å². The van der Waals surface area contributed by atoms with Crippen LogP contribution in [0.5, 0.6) is 0 Å². The molecular formula is I45-. The number of rotatable bonds is 21. The second kappa shape index (κ2) is 47.1. The Morgan fingerprint density at radius 3 is 0.467 bits per heavy atom. The third-order valence-corrected chi connectivity index (χ3v) is 3390. The Kier molecular flexibility index (Phi) is 81.5. The predicted molar refractivity (Wildman–Crippen MR) is 617 cm³/mol. The molecule has 0 heterocycles. The van der Waals surface area contributed by atoms with Gasteiger partial charge >= 0.3 is 607 Å². The van der Waals surface area contributed by atoms with Crippen LogP contribution in [0.2, 0.25) is 0 Å². The van der Waals surface area contributed by atoms with Gasteiger partial charge in [0.25, 0.3) is 0 Å². The predicted octanol–water partition coefficient (Wildman–Crippen LogP) is 36.0. The van der Waals surface area contributed by atoms with Crippen molar-refractivity contribution in [2.75, 3.05) is 0 Å². The van der Waals surface area contributed by atoms with Crippen LogP contribution in [-0.4, -0.2) is 0 Å². The normalized spacial score (nSPS) is 18.7. The van der Waals surface area contributed by atoms with Gasteiger partial charge in [0.2, 0.25) is 0 Å². The molecule has 0 bridgehead atoms.